The van der Waals surface area contributed by atoms with Crippen LogP contribution in [0, 0.1) is 6.92 Å². The molecular weight excluding hydrogens is 508 g/mol. The number of thiophene rings is 1. The highest BCUT2D eigenvalue weighted by Gasteiger charge is 2.31. The molecule has 10 heteroatoms. The van der Waals surface area contributed by atoms with Crippen molar-refractivity contribution >= 4 is 55.5 Å². The molecule has 1 heterocycles. The number of carbonyl (C=O) groups is 2. The number of methoxy groups -OCH3 is 1. The standard InChI is InChI=1S/C25H25ClN2O5S2/c1-16-19(26)12-8-13-20(16)28(35(31,32)17-9-4-3-5-10-17)15-22(29)27-24-23(25(30)33-2)18-11-6-7-14-21(18)34-24/h3-5,8-10,12-13H,6-7,11,14-15H2,1-2H3,(H,27,29). The van der Waals surface area contributed by atoms with Crippen LogP contribution in [0.4, 0.5) is 10.7 Å². The highest BCUT2D eigenvalue weighted by Crippen LogP contribution is 2.39. The van der Waals surface area contributed by atoms with Crippen LogP contribution >= 0.6 is 22.9 Å². The smallest absolute Gasteiger partial charge is 0.341 e. The Labute approximate surface area is 213 Å². The van der Waals surface area contributed by atoms with Crippen LogP contribution in [0.2, 0.25) is 5.02 Å². The quantitative estimate of drug-likeness (QED) is 0.422. The first-order valence-electron chi connectivity index (χ1n) is 11.1. The molecule has 184 valence electrons. The number of ether oxygens (including phenoxy) is 1. The number of aryl methyl sites for hydroxylation is 1. The molecule has 0 fully saturated rings. The van der Waals surface area contributed by atoms with Crippen LogP contribution in [0.15, 0.2) is 53.4 Å². The molecule has 4 rings (SSSR count). The fourth-order valence-electron chi connectivity index (χ4n) is 4.15. The van der Waals surface area contributed by atoms with E-state index in [2.05, 4.69) is 5.32 Å². The van der Waals surface area contributed by atoms with Crippen molar-refractivity contribution in [1.29, 1.82) is 0 Å². The number of halogens is 1. The van der Waals surface area contributed by atoms with Crippen molar-refractivity contribution in [3.05, 3.63) is 75.1 Å². The zero-order valence-corrected chi connectivity index (χ0v) is 21.7. The molecular formula is C25H25ClN2O5S2. The number of hydrogen-bond acceptors (Lipinski definition) is 6. The fourth-order valence-corrected chi connectivity index (χ4v) is 7.12. The van der Waals surface area contributed by atoms with Gasteiger partial charge in [-0.25, -0.2) is 13.2 Å². The molecule has 0 unspecified atom stereocenters. The van der Waals surface area contributed by atoms with Gasteiger partial charge in [-0.05, 0) is 68.0 Å². The number of rotatable bonds is 7. The van der Waals surface area contributed by atoms with E-state index in [1.54, 1.807) is 43.3 Å². The Morgan fingerprint density at radius 1 is 1.09 bits per heavy atom. The zero-order valence-electron chi connectivity index (χ0n) is 19.3. The van der Waals surface area contributed by atoms with Gasteiger partial charge in [0.25, 0.3) is 10.0 Å². The molecule has 7 nitrogen and oxygen atoms in total. The van der Waals surface area contributed by atoms with E-state index in [4.69, 9.17) is 16.3 Å². The van der Waals surface area contributed by atoms with E-state index in [0.717, 1.165) is 40.4 Å². The Bertz CT molecular complexity index is 1370. The zero-order chi connectivity index (χ0) is 25.2. The normalized spacial score (nSPS) is 13.1. The number of hydrogen-bond donors (Lipinski definition) is 1. The molecule has 1 aliphatic carbocycles. The van der Waals surface area contributed by atoms with Crippen molar-refractivity contribution in [2.75, 3.05) is 23.3 Å². The minimum absolute atomic E-state index is 0.0500. The molecule has 0 bridgehead atoms. The lowest BCUT2D eigenvalue weighted by Gasteiger charge is -2.26. The molecule has 0 spiro atoms. The summed E-state index contributed by atoms with van der Waals surface area (Å²) in [4.78, 5) is 26.9. The SMILES string of the molecule is COC(=O)c1c(NC(=O)CN(c2cccc(Cl)c2C)S(=O)(=O)c2ccccc2)sc2c1CCCC2. The maximum Gasteiger partial charge on any atom is 0.341 e. The van der Waals surface area contributed by atoms with E-state index in [-0.39, 0.29) is 4.90 Å². The van der Waals surface area contributed by atoms with Crippen molar-refractivity contribution in [2.24, 2.45) is 0 Å². The molecule has 1 aromatic heterocycles. The van der Waals surface area contributed by atoms with Crippen LogP contribution in [0.25, 0.3) is 0 Å². The summed E-state index contributed by atoms with van der Waals surface area (Å²) in [6.07, 6.45) is 3.54. The van der Waals surface area contributed by atoms with E-state index in [0.29, 0.717) is 26.8 Å². The highest BCUT2D eigenvalue weighted by molar-refractivity contribution is 7.92. The number of benzene rings is 2. The number of fused-ring (bicyclic) bond motifs is 1. The highest BCUT2D eigenvalue weighted by atomic mass is 35.5. The molecule has 0 saturated heterocycles. The van der Waals surface area contributed by atoms with Crippen molar-refractivity contribution in [2.45, 2.75) is 37.5 Å². The van der Waals surface area contributed by atoms with E-state index in [9.17, 15) is 18.0 Å². The summed E-state index contributed by atoms with van der Waals surface area (Å²) in [5.74, 6) is -1.09. The van der Waals surface area contributed by atoms with Gasteiger partial charge in [-0.15, -0.1) is 11.3 Å². The second-order valence-corrected chi connectivity index (χ2v) is 11.5. The molecule has 0 atom stereocenters. The molecule has 1 amide bonds. The number of nitrogens with one attached hydrogen (secondary N) is 1. The number of esters is 1. The molecule has 35 heavy (non-hydrogen) atoms. The monoisotopic (exact) mass is 532 g/mol. The molecule has 3 aromatic rings. The predicted octanol–water partition coefficient (Wildman–Crippen LogP) is 5.21. The van der Waals surface area contributed by atoms with Crippen molar-refractivity contribution in [3.8, 4) is 0 Å². The van der Waals surface area contributed by atoms with Gasteiger partial charge in [-0.1, -0.05) is 35.9 Å². The van der Waals surface area contributed by atoms with Crippen LogP contribution in [0.3, 0.4) is 0 Å². The Morgan fingerprint density at radius 2 is 1.80 bits per heavy atom. The number of nitrogens with zero attached hydrogens (tertiary/aromatic N) is 1. The minimum Gasteiger partial charge on any atom is -0.465 e. The average Bonchev–Trinajstić information content (AvgIpc) is 3.22. The summed E-state index contributed by atoms with van der Waals surface area (Å²) in [7, 11) is -2.79. The van der Waals surface area contributed by atoms with E-state index in [1.807, 2.05) is 0 Å². The van der Waals surface area contributed by atoms with E-state index in [1.165, 1.54) is 30.6 Å². The van der Waals surface area contributed by atoms with Crippen molar-refractivity contribution in [3.63, 3.8) is 0 Å². The van der Waals surface area contributed by atoms with E-state index >= 15 is 0 Å². The van der Waals surface area contributed by atoms with Gasteiger partial charge < -0.3 is 10.1 Å². The molecule has 0 radical (unpaired) electrons. The summed E-state index contributed by atoms with van der Waals surface area (Å²) in [5, 5.41) is 3.55. The largest absolute Gasteiger partial charge is 0.465 e. The molecule has 2 aromatic carbocycles. The summed E-state index contributed by atoms with van der Waals surface area (Å²) < 4.78 is 33.2. The van der Waals surface area contributed by atoms with E-state index < -0.39 is 28.4 Å². The Kier molecular flexibility index (Phi) is 7.49. The minimum atomic E-state index is -4.09. The lowest BCUT2D eigenvalue weighted by molar-refractivity contribution is -0.114. The van der Waals surface area contributed by atoms with Gasteiger partial charge in [0.05, 0.1) is 23.3 Å². The number of amides is 1. The second-order valence-electron chi connectivity index (χ2n) is 8.16. The number of sulfonamides is 1. The second kappa shape index (κ2) is 10.4. The van der Waals surface area contributed by atoms with Crippen LogP contribution in [0.1, 0.15) is 39.2 Å². The van der Waals surface area contributed by atoms with Crippen molar-refractivity contribution in [1.82, 2.24) is 0 Å². The molecule has 0 saturated carbocycles. The van der Waals surface area contributed by atoms with Crippen LogP contribution < -0.4 is 9.62 Å². The summed E-state index contributed by atoms with van der Waals surface area (Å²) >= 11 is 7.62. The maximum atomic E-state index is 13.6. The first kappa shape index (κ1) is 25.2. The Hall–Kier alpha value is -2.88. The molecule has 0 aliphatic heterocycles. The van der Waals surface area contributed by atoms with Gasteiger partial charge in [0.15, 0.2) is 0 Å². The molecule has 1 aliphatic rings. The lowest BCUT2D eigenvalue weighted by Crippen LogP contribution is -2.38. The van der Waals surface area contributed by atoms with Gasteiger partial charge in [0.2, 0.25) is 5.91 Å². The third-order valence-corrected chi connectivity index (χ3v) is 9.33. The summed E-state index contributed by atoms with van der Waals surface area (Å²) in [6.45, 7) is 1.20. The summed E-state index contributed by atoms with van der Waals surface area (Å²) in [5.41, 5.74) is 2.10. The van der Waals surface area contributed by atoms with Crippen LogP contribution in [-0.2, 0) is 32.4 Å². The first-order chi connectivity index (χ1) is 16.7. The third kappa shape index (κ3) is 5.07. The number of anilines is 2. The van der Waals surface area contributed by atoms with Gasteiger partial charge >= 0.3 is 5.97 Å². The average molecular weight is 533 g/mol. The Morgan fingerprint density at radius 3 is 2.51 bits per heavy atom. The van der Waals surface area contributed by atoms with Gasteiger partial charge in [-0.3, -0.25) is 9.10 Å². The van der Waals surface area contributed by atoms with Crippen molar-refractivity contribution < 1.29 is 22.7 Å². The topological polar surface area (TPSA) is 92.8 Å². The summed E-state index contributed by atoms with van der Waals surface area (Å²) in [6, 6.07) is 12.8. The third-order valence-electron chi connectivity index (χ3n) is 5.94. The maximum absolute atomic E-state index is 13.6. The van der Waals surface area contributed by atoms with Gasteiger partial charge in [0.1, 0.15) is 11.5 Å². The first-order valence-corrected chi connectivity index (χ1v) is 13.7. The van der Waals surface area contributed by atoms with Gasteiger partial charge in [0, 0.05) is 9.90 Å². The fraction of sp³-hybridized carbons (Fsp3) is 0.280. The van der Waals surface area contributed by atoms with Gasteiger partial charge in [-0.2, -0.15) is 0 Å². The van der Waals surface area contributed by atoms with Crippen LogP contribution in [-0.4, -0.2) is 33.9 Å². The lowest BCUT2D eigenvalue weighted by atomic mass is 9.95. The predicted molar refractivity (Wildman–Crippen MR) is 138 cm³/mol. The Balaban J connectivity index is 1.71. The number of carbonyl (C=O) groups excluding carboxylic acids is 2. The molecule has 1 N–H and O–H groups in total. The van der Waals surface area contributed by atoms with Crippen LogP contribution in [0.5, 0.6) is 0 Å².